The van der Waals surface area contributed by atoms with Crippen LogP contribution in [-0.4, -0.2) is 53.1 Å². The standard InChI is InChI=1S/C16H23N5O2/c1-12-13(2)23-15(18-12)11-20-7-4-8-21(10-9-20)16-17-6-5-14(19-16)22-3/h5-6H,4,7-11H2,1-3H3. The SMILES string of the molecule is COc1ccnc(N2CCCN(Cc3nc(C)c(C)o3)CC2)n1. The van der Waals surface area contributed by atoms with Crippen LogP contribution in [0.3, 0.4) is 0 Å². The van der Waals surface area contributed by atoms with Gasteiger partial charge in [0.1, 0.15) is 5.76 Å². The molecule has 0 bridgehead atoms. The summed E-state index contributed by atoms with van der Waals surface area (Å²) in [5.74, 6) is 3.03. The molecule has 0 amide bonds. The second-order valence-electron chi connectivity index (χ2n) is 5.76. The summed E-state index contributed by atoms with van der Waals surface area (Å²) in [5, 5.41) is 0. The monoisotopic (exact) mass is 317 g/mol. The molecule has 0 unspecified atom stereocenters. The van der Waals surface area contributed by atoms with E-state index in [4.69, 9.17) is 9.15 Å². The maximum Gasteiger partial charge on any atom is 0.228 e. The van der Waals surface area contributed by atoms with Crippen LogP contribution in [0.1, 0.15) is 23.8 Å². The van der Waals surface area contributed by atoms with Gasteiger partial charge in [0.05, 0.1) is 19.3 Å². The quantitative estimate of drug-likeness (QED) is 0.851. The summed E-state index contributed by atoms with van der Waals surface area (Å²) in [6.07, 6.45) is 2.79. The summed E-state index contributed by atoms with van der Waals surface area (Å²) in [7, 11) is 1.62. The van der Waals surface area contributed by atoms with Crippen LogP contribution in [-0.2, 0) is 6.54 Å². The van der Waals surface area contributed by atoms with Crippen molar-refractivity contribution in [3.05, 3.63) is 29.6 Å². The number of anilines is 1. The number of nitrogens with zero attached hydrogens (tertiary/aromatic N) is 5. The lowest BCUT2D eigenvalue weighted by Gasteiger charge is -2.21. The predicted octanol–water partition coefficient (Wildman–Crippen LogP) is 1.80. The first-order chi connectivity index (χ1) is 11.2. The van der Waals surface area contributed by atoms with Crippen LogP contribution in [0.25, 0.3) is 0 Å². The van der Waals surface area contributed by atoms with Gasteiger partial charge in [-0.05, 0) is 20.3 Å². The number of hydrogen-bond acceptors (Lipinski definition) is 7. The first-order valence-electron chi connectivity index (χ1n) is 7.93. The summed E-state index contributed by atoms with van der Waals surface area (Å²) >= 11 is 0. The highest BCUT2D eigenvalue weighted by Crippen LogP contribution is 2.16. The number of aryl methyl sites for hydroxylation is 2. The lowest BCUT2D eigenvalue weighted by atomic mass is 10.4. The van der Waals surface area contributed by atoms with Gasteiger partial charge in [-0.3, -0.25) is 4.90 Å². The molecule has 0 saturated carbocycles. The highest BCUT2D eigenvalue weighted by Gasteiger charge is 2.19. The Morgan fingerprint density at radius 2 is 2.04 bits per heavy atom. The van der Waals surface area contributed by atoms with Gasteiger partial charge in [-0.2, -0.15) is 4.98 Å². The van der Waals surface area contributed by atoms with Gasteiger partial charge in [-0.25, -0.2) is 9.97 Å². The molecular formula is C16H23N5O2. The van der Waals surface area contributed by atoms with Gasteiger partial charge in [-0.1, -0.05) is 0 Å². The zero-order valence-corrected chi connectivity index (χ0v) is 13.9. The van der Waals surface area contributed by atoms with Gasteiger partial charge in [0.2, 0.25) is 17.7 Å². The van der Waals surface area contributed by atoms with Crippen molar-refractivity contribution in [2.24, 2.45) is 0 Å². The van der Waals surface area contributed by atoms with Gasteiger partial charge in [0.25, 0.3) is 0 Å². The van der Waals surface area contributed by atoms with Crippen molar-refractivity contribution in [3.63, 3.8) is 0 Å². The normalized spacial score (nSPS) is 16.4. The predicted molar refractivity (Wildman–Crippen MR) is 86.7 cm³/mol. The van der Waals surface area contributed by atoms with E-state index in [-0.39, 0.29) is 0 Å². The van der Waals surface area contributed by atoms with Crippen LogP contribution in [0.4, 0.5) is 5.95 Å². The van der Waals surface area contributed by atoms with E-state index in [1.807, 2.05) is 13.8 Å². The number of rotatable bonds is 4. The highest BCUT2D eigenvalue weighted by molar-refractivity contribution is 5.32. The van der Waals surface area contributed by atoms with Crippen molar-refractivity contribution in [3.8, 4) is 5.88 Å². The molecule has 3 rings (SSSR count). The topological polar surface area (TPSA) is 67.5 Å². The fraction of sp³-hybridized carbons (Fsp3) is 0.562. The Balaban J connectivity index is 1.62. The van der Waals surface area contributed by atoms with E-state index in [0.717, 1.165) is 62.4 Å². The lowest BCUT2D eigenvalue weighted by molar-refractivity contribution is 0.253. The van der Waals surface area contributed by atoms with E-state index in [1.54, 1.807) is 19.4 Å². The van der Waals surface area contributed by atoms with Crippen molar-refractivity contribution in [1.82, 2.24) is 19.9 Å². The Morgan fingerprint density at radius 3 is 2.78 bits per heavy atom. The fourth-order valence-corrected chi connectivity index (χ4v) is 2.73. The van der Waals surface area contributed by atoms with Crippen LogP contribution in [0.2, 0.25) is 0 Å². The maximum atomic E-state index is 5.69. The molecule has 1 aliphatic rings. The van der Waals surface area contributed by atoms with Gasteiger partial charge in [0, 0.05) is 38.4 Å². The summed E-state index contributed by atoms with van der Waals surface area (Å²) in [5.41, 5.74) is 0.973. The molecule has 0 aliphatic carbocycles. The first kappa shape index (κ1) is 15.7. The summed E-state index contributed by atoms with van der Waals surface area (Å²) in [6, 6.07) is 1.76. The van der Waals surface area contributed by atoms with E-state index in [1.165, 1.54) is 0 Å². The highest BCUT2D eigenvalue weighted by atomic mass is 16.5. The molecule has 23 heavy (non-hydrogen) atoms. The third-order valence-electron chi connectivity index (χ3n) is 4.13. The average Bonchev–Trinajstić information content (AvgIpc) is 2.76. The molecule has 124 valence electrons. The molecule has 1 fully saturated rings. The smallest absolute Gasteiger partial charge is 0.228 e. The van der Waals surface area contributed by atoms with E-state index < -0.39 is 0 Å². The molecule has 0 aromatic carbocycles. The molecule has 3 heterocycles. The number of ether oxygens (including phenoxy) is 1. The van der Waals surface area contributed by atoms with Gasteiger partial charge < -0.3 is 14.1 Å². The zero-order chi connectivity index (χ0) is 16.2. The van der Waals surface area contributed by atoms with E-state index in [2.05, 4.69) is 24.8 Å². The molecule has 2 aromatic rings. The number of methoxy groups -OCH3 is 1. The molecule has 7 heteroatoms. The van der Waals surface area contributed by atoms with Crippen LogP contribution >= 0.6 is 0 Å². The Morgan fingerprint density at radius 1 is 1.17 bits per heavy atom. The second kappa shape index (κ2) is 6.95. The van der Waals surface area contributed by atoms with Crippen LogP contribution in [0.5, 0.6) is 5.88 Å². The Bertz CT molecular complexity index is 638. The minimum absolute atomic E-state index is 0.599. The van der Waals surface area contributed by atoms with Crippen molar-refractivity contribution in [1.29, 1.82) is 0 Å². The number of hydrogen-bond donors (Lipinski definition) is 0. The van der Waals surface area contributed by atoms with E-state index in [0.29, 0.717) is 5.88 Å². The summed E-state index contributed by atoms with van der Waals surface area (Å²) < 4.78 is 10.9. The van der Waals surface area contributed by atoms with Crippen LogP contribution < -0.4 is 9.64 Å². The van der Waals surface area contributed by atoms with Crippen molar-refractivity contribution in [2.75, 3.05) is 38.2 Å². The van der Waals surface area contributed by atoms with Crippen LogP contribution in [0, 0.1) is 13.8 Å². The largest absolute Gasteiger partial charge is 0.481 e. The molecule has 0 spiro atoms. The summed E-state index contributed by atoms with van der Waals surface area (Å²) in [6.45, 7) is 8.45. The van der Waals surface area contributed by atoms with Crippen molar-refractivity contribution >= 4 is 5.95 Å². The van der Waals surface area contributed by atoms with Crippen LogP contribution in [0.15, 0.2) is 16.7 Å². The van der Waals surface area contributed by atoms with Gasteiger partial charge >= 0.3 is 0 Å². The van der Waals surface area contributed by atoms with Crippen molar-refractivity contribution in [2.45, 2.75) is 26.8 Å². The Labute approximate surface area is 136 Å². The van der Waals surface area contributed by atoms with Crippen molar-refractivity contribution < 1.29 is 9.15 Å². The third kappa shape index (κ3) is 3.79. The molecule has 0 radical (unpaired) electrons. The zero-order valence-electron chi connectivity index (χ0n) is 13.9. The second-order valence-corrected chi connectivity index (χ2v) is 5.76. The minimum Gasteiger partial charge on any atom is -0.481 e. The fourth-order valence-electron chi connectivity index (χ4n) is 2.73. The number of aromatic nitrogens is 3. The Kier molecular flexibility index (Phi) is 4.76. The number of oxazole rings is 1. The van der Waals surface area contributed by atoms with E-state index >= 15 is 0 Å². The molecule has 1 saturated heterocycles. The van der Waals surface area contributed by atoms with Gasteiger partial charge in [0.15, 0.2) is 0 Å². The molecule has 1 aliphatic heterocycles. The summed E-state index contributed by atoms with van der Waals surface area (Å²) in [4.78, 5) is 17.8. The molecule has 0 atom stereocenters. The van der Waals surface area contributed by atoms with E-state index in [9.17, 15) is 0 Å². The lowest BCUT2D eigenvalue weighted by Crippen LogP contribution is -2.31. The third-order valence-corrected chi connectivity index (χ3v) is 4.13. The molecule has 0 N–H and O–H groups in total. The minimum atomic E-state index is 0.599. The maximum absolute atomic E-state index is 5.69. The molecule has 2 aromatic heterocycles. The first-order valence-corrected chi connectivity index (χ1v) is 7.93. The average molecular weight is 317 g/mol. The molecular weight excluding hydrogens is 294 g/mol. The van der Waals surface area contributed by atoms with Gasteiger partial charge in [-0.15, -0.1) is 0 Å². The Hall–Kier alpha value is -2.15. The molecule has 7 nitrogen and oxygen atoms in total.